The molecule has 0 saturated heterocycles. The molecule has 2 aromatic rings. The van der Waals surface area contributed by atoms with Gasteiger partial charge in [0.05, 0.1) is 12.5 Å². The maximum Gasteiger partial charge on any atom is 0.274 e. The van der Waals surface area contributed by atoms with Gasteiger partial charge in [-0.15, -0.1) is 0 Å². The lowest BCUT2D eigenvalue weighted by Crippen LogP contribution is -2.11. The molecule has 3 nitrogen and oxygen atoms in total. The Hall–Kier alpha value is -1.81. The van der Waals surface area contributed by atoms with Crippen LogP contribution in [0.15, 0.2) is 52.3 Å². The third kappa shape index (κ3) is 3.60. The summed E-state index contributed by atoms with van der Waals surface area (Å²) in [4.78, 5) is 4.46. The lowest BCUT2D eigenvalue weighted by Gasteiger charge is -2.10. The van der Waals surface area contributed by atoms with Crippen LogP contribution in [0.3, 0.4) is 0 Å². The molecule has 0 spiro atoms. The maximum absolute atomic E-state index is 5.80. The fourth-order valence-corrected chi connectivity index (χ4v) is 2.14. The summed E-state index contributed by atoms with van der Waals surface area (Å²) >= 11 is 0. The molecule has 0 atom stereocenters. The molecule has 0 bridgehead atoms. The van der Waals surface area contributed by atoms with Crippen molar-refractivity contribution in [3.63, 3.8) is 0 Å². The number of para-hydroxylation sites is 2. The van der Waals surface area contributed by atoms with Crippen LogP contribution in [0.2, 0.25) is 13.1 Å². The van der Waals surface area contributed by atoms with Crippen LogP contribution < -0.4 is 4.43 Å². The first-order chi connectivity index (χ1) is 8.75. The average Bonchev–Trinajstić information content (AvgIpc) is 2.84. The molecular formula is C14H16NO2Si. The zero-order valence-electron chi connectivity index (χ0n) is 10.6. The molecule has 1 aromatic heterocycles. The summed E-state index contributed by atoms with van der Waals surface area (Å²) in [6.07, 6.45) is 6.04. The molecule has 93 valence electrons. The van der Waals surface area contributed by atoms with E-state index in [-0.39, 0.29) is 0 Å². The van der Waals surface area contributed by atoms with E-state index < -0.39 is 9.04 Å². The largest absolute Gasteiger partial charge is 0.541 e. The van der Waals surface area contributed by atoms with Crippen LogP contribution in [0.1, 0.15) is 5.56 Å². The van der Waals surface area contributed by atoms with E-state index in [1.165, 1.54) is 0 Å². The predicted octanol–water partition coefficient (Wildman–Crippen LogP) is 3.85. The van der Waals surface area contributed by atoms with Gasteiger partial charge in [-0.25, -0.2) is 0 Å². The Bertz CT molecular complexity index is 506. The van der Waals surface area contributed by atoms with Crippen molar-refractivity contribution < 1.29 is 8.84 Å². The highest BCUT2D eigenvalue weighted by Gasteiger charge is 2.04. The fraction of sp³-hybridized carbons (Fsp3) is 0.214. The smallest absolute Gasteiger partial charge is 0.274 e. The molecule has 0 aliphatic rings. The molecule has 1 heterocycles. The Morgan fingerprint density at radius 3 is 2.83 bits per heavy atom. The van der Waals surface area contributed by atoms with Gasteiger partial charge in [-0.3, -0.25) is 4.99 Å². The Balaban J connectivity index is 2.06. The summed E-state index contributed by atoms with van der Waals surface area (Å²) in [5.74, 6) is 0.861. The first kappa shape index (κ1) is 12.6. The summed E-state index contributed by atoms with van der Waals surface area (Å²) < 4.78 is 10.8. The van der Waals surface area contributed by atoms with Gasteiger partial charge in [-0.2, -0.15) is 0 Å². The second-order valence-corrected chi connectivity index (χ2v) is 6.15. The SMILES string of the molecule is C[Si](C)Oc1ccccc1N=CCc1ccoc1. The number of aliphatic imine (C=N–C) groups is 1. The van der Waals surface area contributed by atoms with Crippen LogP contribution in [-0.4, -0.2) is 15.3 Å². The normalized spacial score (nSPS) is 11.3. The predicted molar refractivity (Wildman–Crippen MR) is 75.1 cm³/mol. The molecular weight excluding hydrogens is 242 g/mol. The van der Waals surface area contributed by atoms with Gasteiger partial charge in [0.2, 0.25) is 0 Å². The highest BCUT2D eigenvalue weighted by Crippen LogP contribution is 2.27. The summed E-state index contributed by atoms with van der Waals surface area (Å²) in [5.41, 5.74) is 2.00. The van der Waals surface area contributed by atoms with Gasteiger partial charge in [0.1, 0.15) is 11.4 Å². The molecule has 0 amide bonds. The molecule has 0 N–H and O–H groups in total. The first-order valence-corrected chi connectivity index (χ1v) is 8.27. The number of rotatable bonds is 5. The summed E-state index contributed by atoms with van der Waals surface area (Å²) in [6, 6.07) is 9.80. The minimum Gasteiger partial charge on any atom is -0.541 e. The number of benzene rings is 1. The maximum atomic E-state index is 5.80. The van der Waals surface area contributed by atoms with E-state index in [1.54, 1.807) is 12.5 Å². The van der Waals surface area contributed by atoms with Gasteiger partial charge in [0.15, 0.2) is 0 Å². The number of nitrogens with zero attached hydrogens (tertiary/aromatic N) is 1. The summed E-state index contributed by atoms with van der Waals surface area (Å²) in [5, 5.41) is 0. The van der Waals surface area contributed by atoms with Gasteiger partial charge in [0, 0.05) is 12.6 Å². The van der Waals surface area contributed by atoms with Crippen molar-refractivity contribution >= 4 is 20.9 Å². The Labute approximate surface area is 109 Å². The van der Waals surface area contributed by atoms with Crippen molar-refractivity contribution in [1.29, 1.82) is 0 Å². The van der Waals surface area contributed by atoms with Gasteiger partial charge < -0.3 is 8.84 Å². The molecule has 0 fully saturated rings. The van der Waals surface area contributed by atoms with Crippen LogP contribution in [-0.2, 0) is 6.42 Å². The molecule has 1 radical (unpaired) electrons. The van der Waals surface area contributed by atoms with Gasteiger partial charge in [-0.05, 0) is 36.9 Å². The van der Waals surface area contributed by atoms with Crippen molar-refractivity contribution in [2.45, 2.75) is 19.5 Å². The van der Waals surface area contributed by atoms with E-state index in [0.29, 0.717) is 0 Å². The minimum absolute atomic E-state index is 0.765. The van der Waals surface area contributed by atoms with E-state index in [0.717, 1.165) is 23.4 Å². The van der Waals surface area contributed by atoms with Gasteiger partial charge in [0.25, 0.3) is 9.04 Å². The Morgan fingerprint density at radius 2 is 2.11 bits per heavy atom. The standard InChI is InChI=1S/C14H16NO2Si/c1-18(2)17-14-6-4-3-5-13(14)15-9-7-12-8-10-16-11-12/h3-6,8-11H,7H2,1-2H3. The van der Waals surface area contributed by atoms with E-state index in [9.17, 15) is 0 Å². The highest BCUT2D eigenvalue weighted by atomic mass is 28.3. The third-order valence-corrected chi connectivity index (χ3v) is 2.94. The monoisotopic (exact) mass is 258 g/mol. The van der Waals surface area contributed by atoms with Crippen molar-refractivity contribution in [3.8, 4) is 5.75 Å². The zero-order valence-corrected chi connectivity index (χ0v) is 11.6. The number of hydrogen-bond acceptors (Lipinski definition) is 3. The van der Waals surface area contributed by atoms with Crippen molar-refractivity contribution in [2.75, 3.05) is 0 Å². The van der Waals surface area contributed by atoms with Crippen molar-refractivity contribution in [1.82, 2.24) is 0 Å². The van der Waals surface area contributed by atoms with Crippen LogP contribution in [0.4, 0.5) is 5.69 Å². The van der Waals surface area contributed by atoms with Gasteiger partial charge in [-0.1, -0.05) is 12.1 Å². The summed E-state index contributed by atoms with van der Waals surface area (Å²) in [7, 11) is -0.765. The van der Waals surface area contributed by atoms with Crippen LogP contribution in [0.25, 0.3) is 0 Å². The molecule has 0 aliphatic heterocycles. The molecule has 18 heavy (non-hydrogen) atoms. The highest BCUT2D eigenvalue weighted by molar-refractivity contribution is 6.49. The van der Waals surface area contributed by atoms with Crippen molar-refractivity contribution in [3.05, 3.63) is 48.4 Å². The Kier molecular flexibility index (Phi) is 4.36. The molecule has 4 heteroatoms. The van der Waals surface area contributed by atoms with E-state index in [2.05, 4.69) is 18.1 Å². The second kappa shape index (κ2) is 6.21. The van der Waals surface area contributed by atoms with Gasteiger partial charge >= 0.3 is 0 Å². The summed E-state index contributed by atoms with van der Waals surface area (Å²) in [6.45, 7) is 4.22. The number of hydrogen-bond donors (Lipinski definition) is 0. The van der Waals surface area contributed by atoms with Crippen LogP contribution >= 0.6 is 0 Å². The molecule has 0 aliphatic carbocycles. The lowest BCUT2D eigenvalue weighted by atomic mass is 10.2. The average molecular weight is 258 g/mol. The van der Waals surface area contributed by atoms with E-state index in [4.69, 9.17) is 8.84 Å². The van der Waals surface area contributed by atoms with Crippen LogP contribution in [0, 0.1) is 0 Å². The third-order valence-electron chi connectivity index (χ3n) is 2.32. The second-order valence-electron chi connectivity index (χ2n) is 4.13. The molecule has 0 unspecified atom stereocenters. The van der Waals surface area contributed by atoms with E-state index >= 15 is 0 Å². The van der Waals surface area contributed by atoms with Crippen molar-refractivity contribution in [2.24, 2.45) is 4.99 Å². The first-order valence-electron chi connectivity index (χ1n) is 5.86. The fourth-order valence-electron chi connectivity index (χ4n) is 1.53. The molecule has 2 rings (SSSR count). The molecule has 1 aromatic carbocycles. The molecule has 0 saturated carbocycles. The van der Waals surface area contributed by atoms with Crippen LogP contribution in [0.5, 0.6) is 5.75 Å². The zero-order chi connectivity index (χ0) is 12.8. The minimum atomic E-state index is -0.765. The quantitative estimate of drug-likeness (QED) is 0.603. The van der Waals surface area contributed by atoms with E-state index in [1.807, 2.05) is 36.5 Å². The number of furan rings is 1. The topological polar surface area (TPSA) is 34.7 Å². The lowest BCUT2D eigenvalue weighted by molar-refractivity contribution is 0.565. The Morgan fingerprint density at radius 1 is 1.28 bits per heavy atom.